The van der Waals surface area contributed by atoms with E-state index >= 15 is 0 Å². The second-order valence-electron chi connectivity index (χ2n) is 5.80. The van der Waals surface area contributed by atoms with Gasteiger partial charge >= 0.3 is 0 Å². The van der Waals surface area contributed by atoms with Gasteiger partial charge in [-0.3, -0.25) is 14.9 Å². The molecule has 0 bridgehead atoms. The molecular formula is C19H15N3O3S. The van der Waals surface area contributed by atoms with Crippen molar-refractivity contribution in [2.45, 2.75) is 6.92 Å². The maximum atomic E-state index is 12.5. The zero-order valence-electron chi connectivity index (χ0n) is 13.9. The van der Waals surface area contributed by atoms with Crippen molar-refractivity contribution in [2.24, 2.45) is 0 Å². The number of ether oxygens (including phenoxy) is 1. The van der Waals surface area contributed by atoms with Gasteiger partial charge in [-0.25, -0.2) is 4.98 Å². The summed E-state index contributed by atoms with van der Waals surface area (Å²) >= 11 is 1.43. The summed E-state index contributed by atoms with van der Waals surface area (Å²) in [5, 5.41) is 6.07. The second kappa shape index (κ2) is 6.61. The van der Waals surface area contributed by atoms with Gasteiger partial charge in [0.15, 0.2) is 11.7 Å². The fourth-order valence-electron chi connectivity index (χ4n) is 2.69. The summed E-state index contributed by atoms with van der Waals surface area (Å²) < 4.78 is 5.35. The van der Waals surface area contributed by atoms with Crippen LogP contribution in [0.15, 0.2) is 48.5 Å². The number of nitrogens with one attached hydrogen (secondary N) is 2. The number of aryl methyl sites for hydroxylation is 1. The van der Waals surface area contributed by atoms with Crippen molar-refractivity contribution in [3.8, 4) is 16.2 Å². The minimum Gasteiger partial charge on any atom is -0.482 e. The van der Waals surface area contributed by atoms with E-state index in [1.54, 1.807) is 18.2 Å². The molecule has 1 aliphatic heterocycles. The highest BCUT2D eigenvalue weighted by Crippen LogP contribution is 2.33. The topological polar surface area (TPSA) is 80.3 Å². The molecule has 0 fully saturated rings. The number of carbonyl (C=O) groups excluding carboxylic acids is 2. The van der Waals surface area contributed by atoms with Gasteiger partial charge in [-0.05, 0) is 30.7 Å². The van der Waals surface area contributed by atoms with Crippen LogP contribution in [0.2, 0.25) is 0 Å². The molecule has 0 aliphatic carbocycles. The van der Waals surface area contributed by atoms with Crippen LogP contribution >= 0.6 is 11.3 Å². The molecule has 0 unspecified atom stereocenters. The number of rotatable bonds is 3. The molecule has 0 atom stereocenters. The van der Waals surface area contributed by atoms with E-state index in [0.29, 0.717) is 22.1 Å². The summed E-state index contributed by atoms with van der Waals surface area (Å²) in [6.07, 6.45) is 0. The average Bonchev–Trinajstić information content (AvgIpc) is 3.02. The molecule has 1 aromatic heterocycles. The molecule has 2 N–H and O–H groups in total. The lowest BCUT2D eigenvalue weighted by Gasteiger charge is -2.18. The van der Waals surface area contributed by atoms with Crippen LogP contribution in [-0.2, 0) is 4.79 Å². The van der Waals surface area contributed by atoms with Crippen LogP contribution in [0.25, 0.3) is 10.4 Å². The molecule has 3 aromatic rings. The fraction of sp³-hybridized carbons (Fsp3) is 0.105. The summed E-state index contributed by atoms with van der Waals surface area (Å²) in [5.41, 5.74) is 2.94. The highest BCUT2D eigenvalue weighted by atomic mass is 32.1. The van der Waals surface area contributed by atoms with Crippen LogP contribution in [0.1, 0.15) is 16.1 Å². The molecule has 2 heterocycles. The Morgan fingerprint density at radius 1 is 1.23 bits per heavy atom. The third kappa shape index (κ3) is 3.16. The zero-order valence-corrected chi connectivity index (χ0v) is 14.7. The van der Waals surface area contributed by atoms with E-state index in [2.05, 4.69) is 15.6 Å². The van der Waals surface area contributed by atoms with Crippen LogP contribution in [0.5, 0.6) is 5.75 Å². The van der Waals surface area contributed by atoms with Gasteiger partial charge in [0.05, 0.1) is 16.3 Å². The predicted molar refractivity (Wildman–Crippen MR) is 101 cm³/mol. The predicted octanol–water partition coefficient (Wildman–Crippen LogP) is 3.70. The Balaban J connectivity index is 1.55. The summed E-state index contributed by atoms with van der Waals surface area (Å²) in [6, 6.07) is 14.8. The summed E-state index contributed by atoms with van der Waals surface area (Å²) in [5.74, 6) is 0.000564. The summed E-state index contributed by atoms with van der Waals surface area (Å²) in [7, 11) is 0. The minimum absolute atomic E-state index is 0.0514. The van der Waals surface area contributed by atoms with Crippen molar-refractivity contribution in [3.05, 3.63) is 59.8 Å². The van der Waals surface area contributed by atoms with Gasteiger partial charge in [0, 0.05) is 5.56 Å². The molecule has 0 radical (unpaired) electrons. The Morgan fingerprint density at radius 3 is 2.85 bits per heavy atom. The van der Waals surface area contributed by atoms with Gasteiger partial charge in [0.2, 0.25) is 0 Å². The largest absolute Gasteiger partial charge is 0.482 e. The number of benzene rings is 2. The van der Waals surface area contributed by atoms with Gasteiger partial charge in [0.1, 0.15) is 5.75 Å². The first-order chi connectivity index (χ1) is 12.6. The lowest BCUT2D eigenvalue weighted by Crippen LogP contribution is -2.25. The molecular weight excluding hydrogens is 350 g/mol. The van der Waals surface area contributed by atoms with Crippen molar-refractivity contribution in [2.75, 3.05) is 17.2 Å². The Bertz CT molecular complexity index is 999. The maximum absolute atomic E-state index is 12.5. The smallest absolute Gasteiger partial charge is 0.262 e. The van der Waals surface area contributed by atoms with Crippen molar-refractivity contribution >= 4 is 34.0 Å². The molecule has 0 saturated heterocycles. The van der Waals surface area contributed by atoms with Crippen molar-refractivity contribution in [3.63, 3.8) is 0 Å². The van der Waals surface area contributed by atoms with Gasteiger partial charge in [-0.15, -0.1) is 0 Å². The van der Waals surface area contributed by atoms with Gasteiger partial charge < -0.3 is 10.1 Å². The van der Waals surface area contributed by atoms with Crippen LogP contribution in [0, 0.1) is 6.92 Å². The van der Waals surface area contributed by atoms with Crippen LogP contribution in [0.3, 0.4) is 0 Å². The van der Waals surface area contributed by atoms with Crippen molar-refractivity contribution < 1.29 is 14.3 Å². The Morgan fingerprint density at radius 2 is 2.04 bits per heavy atom. The monoisotopic (exact) mass is 365 g/mol. The normalized spacial score (nSPS) is 12.7. The number of thiazole rings is 1. The molecule has 26 heavy (non-hydrogen) atoms. The van der Waals surface area contributed by atoms with E-state index in [9.17, 15) is 9.59 Å². The third-order valence-corrected chi connectivity index (χ3v) is 5.05. The molecule has 0 saturated carbocycles. The Kier molecular flexibility index (Phi) is 4.14. The number of anilines is 2. The first-order valence-corrected chi connectivity index (χ1v) is 8.83. The van der Waals surface area contributed by atoms with Crippen LogP contribution < -0.4 is 15.4 Å². The van der Waals surface area contributed by atoms with E-state index in [1.165, 1.54) is 11.3 Å². The first kappa shape index (κ1) is 16.3. The van der Waals surface area contributed by atoms with Gasteiger partial charge in [-0.1, -0.05) is 41.7 Å². The molecule has 2 aromatic carbocycles. The minimum atomic E-state index is -0.276. The van der Waals surface area contributed by atoms with E-state index < -0.39 is 0 Å². The van der Waals surface area contributed by atoms with Gasteiger partial charge in [-0.2, -0.15) is 0 Å². The van der Waals surface area contributed by atoms with Crippen LogP contribution in [0.4, 0.5) is 10.8 Å². The quantitative estimate of drug-likeness (QED) is 0.742. The van der Waals surface area contributed by atoms with Gasteiger partial charge in [0.25, 0.3) is 11.8 Å². The lowest BCUT2D eigenvalue weighted by atomic mass is 10.1. The standard InChI is InChI=1S/C19H15N3O3S/c1-11-17(12-5-3-2-4-6-12)26-19(20-11)22-18(24)13-7-8-14-15(9-13)25-10-16(23)21-14/h2-9H,10H2,1H3,(H,21,23)(H,20,22,24). The van der Waals surface area contributed by atoms with Crippen molar-refractivity contribution in [1.29, 1.82) is 0 Å². The lowest BCUT2D eigenvalue weighted by molar-refractivity contribution is -0.118. The summed E-state index contributed by atoms with van der Waals surface area (Å²) in [6.45, 7) is 1.87. The highest BCUT2D eigenvalue weighted by molar-refractivity contribution is 7.19. The van der Waals surface area contributed by atoms with E-state index in [4.69, 9.17) is 4.74 Å². The summed E-state index contributed by atoms with van der Waals surface area (Å²) in [4.78, 5) is 29.3. The number of carbonyl (C=O) groups is 2. The second-order valence-corrected chi connectivity index (χ2v) is 6.80. The Labute approximate surface area is 153 Å². The number of nitrogens with zero attached hydrogens (tertiary/aromatic N) is 1. The molecule has 1 aliphatic rings. The number of aromatic nitrogens is 1. The highest BCUT2D eigenvalue weighted by Gasteiger charge is 2.19. The van der Waals surface area contributed by atoms with Crippen LogP contribution in [-0.4, -0.2) is 23.4 Å². The fourth-order valence-corrected chi connectivity index (χ4v) is 3.66. The number of hydrogen-bond acceptors (Lipinski definition) is 5. The molecule has 6 nitrogen and oxygen atoms in total. The molecule has 130 valence electrons. The zero-order chi connectivity index (χ0) is 18.1. The third-order valence-electron chi connectivity index (χ3n) is 3.93. The maximum Gasteiger partial charge on any atom is 0.262 e. The van der Waals surface area contributed by atoms with Crippen molar-refractivity contribution in [1.82, 2.24) is 4.98 Å². The number of fused-ring (bicyclic) bond motifs is 1. The molecule has 2 amide bonds. The van der Waals surface area contributed by atoms with E-state index in [-0.39, 0.29) is 18.4 Å². The average molecular weight is 365 g/mol. The molecule has 4 rings (SSSR count). The molecule has 0 spiro atoms. The number of hydrogen-bond donors (Lipinski definition) is 2. The number of amides is 2. The Hall–Kier alpha value is -3.19. The first-order valence-electron chi connectivity index (χ1n) is 8.01. The van der Waals surface area contributed by atoms with E-state index in [1.807, 2.05) is 37.3 Å². The molecule has 7 heteroatoms. The van der Waals surface area contributed by atoms with E-state index in [0.717, 1.165) is 16.1 Å². The SMILES string of the molecule is Cc1nc(NC(=O)c2ccc3c(c2)OCC(=O)N3)sc1-c1ccccc1.